The maximum absolute atomic E-state index is 10.4. The van der Waals surface area contributed by atoms with Crippen LogP contribution in [0.1, 0.15) is 0 Å². The van der Waals surface area contributed by atoms with Gasteiger partial charge in [-0.1, -0.05) is 0 Å². The van der Waals surface area contributed by atoms with Crippen LogP contribution in [0, 0.1) is 11.1 Å². The van der Waals surface area contributed by atoms with Crippen LogP contribution in [0.15, 0.2) is 24.3 Å². The van der Waals surface area contributed by atoms with Crippen molar-refractivity contribution in [3.8, 4) is 0 Å². The Bertz CT molecular complexity index is 237. The van der Waals surface area contributed by atoms with Crippen LogP contribution in [0.25, 0.3) is 0 Å². The summed E-state index contributed by atoms with van der Waals surface area (Å²) >= 11 is 0. The van der Waals surface area contributed by atoms with E-state index in [1.54, 1.807) is 0 Å². The molecule has 64 valence electrons. The molecular weight excluding hydrogens is 157 g/mol. The average molecular weight is 166 g/mol. The molecule has 2 atom stereocenters. The number of aliphatic hydroxyl groups excluding tert-OH is 1. The van der Waals surface area contributed by atoms with E-state index >= 15 is 0 Å². The van der Waals surface area contributed by atoms with Crippen molar-refractivity contribution < 1.29 is 10.3 Å². The third kappa shape index (κ3) is 1.82. The predicted octanol–water partition coefficient (Wildman–Crippen LogP) is -0.300. The molecule has 2 unspecified atom stereocenters. The molecule has 0 radical (unpaired) electrons. The summed E-state index contributed by atoms with van der Waals surface area (Å²) in [7, 11) is 0. The summed E-state index contributed by atoms with van der Waals surface area (Å²) in [4.78, 5) is 0. The van der Waals surface area contributed by atoms with E-state index in [0.717, 1.165) is 0 Å². The molecule has 0 saturated heterocycles. The van der Waals surface area contributed by atoms with Crippen molar-refractivity contribution in [2.45, 2.75) is 6.10 Å². The molecule has 0 aromatic carbocycles. The molecule has 1 heterocycles. The second-order valence-electron chi connectivity index (χ2n) is 2.53. The second-order valence-corrected chi connectivity index (χ2v) is 2.53. The molecule has 0 amide bonds. The van der Waals surface area contributed by atoms with Crippen molar-refractivity contribution in [2.24, 2.45) is 5.92 Å². The Labute approximate surface area is 70.9 Å². The van der Waals surface area contributed by atoms with Crippen LogP contribution in [-0.4, -0.2) is 34.5 Å². The summed E-state index contributed by atoms with van der Waals surface area (Å²) in [5.41, 5.74) is 0.116. The summed E-state index contributed by atoms with van der Waals surface area (Å²) in [6.07, 6.45) is 2.30. The van der Waals surface area contributed by atoms with Crippen molar-refractivity contribution >= 4 is 12.9 Å². The first kappa shape index (κ1) is 9.19. The quantitative estimate of drug-likeness (QED) is 0.335. The van der Waals surface area contributed by atoms with Crippen LogP contribution in [-0.2, 0) is 0 Å². The third-order valence-corrected chi connectivity index (χ3v) is 1.71. The van der Waals surface area contributed by atoms with Gasteiger partial charge in [-0.2, -0.15) is 0 Å². The van der Waals surface area contributed by atoms with E-state index in [2.05, 4.69) is 6.58 Å². The molecule has 0 fully saturated rings. The van der Waals surface area contributed by atoms with Gasteiger partial charge in [0.25, 0.3) is 0 Å². The Hall–Kier alpha value is -0.905. The molecule has 2 N–H and O–H groups in total. The number of aliphatic hydroxyl groups is 1. The molecule has 0 saturated carbocycles. The van der Waals surface area contributed by atoms with Crippen LogP contribution in [0.4, 0.5) is 0 Å². The minimum atomic E-state index is -0.661. The van der Waals surface area contributed by atoms with Gasteiger partial charge in [0, 0.05) is 0 Å². The summed E-state index contributed by atoms with van der Waals surface area (Å²) in [5.74, 6) is 1.12. The molecule has 0 aromatic heterocycles. The topological polar surface area (TPSA) is 66.8 Å². The number of nitrogens with zero attached hydrogens (tertiary/aromatic N) is 1. The molecule has 1 aliphatic rings. The number of hydrogen-bond donors (Lipinski definition) is 2. The second kappa shape index (κ2) is 3.66. The van der Waals surface area contributed by atoms with Gasteiger partial charge in [-0.15, -0.1) is 0 Å². The molecule has 0 aromatic rings. The third-order valence-electron chi connectivity index (χ3n) is 1.71. The molecule has 4 nitrogen and oxygen atoms in total. The first-order valence-corrected chi connectivity index (χ1v) is 3.52. The van der Waals surface area contributed by atoms with E-state index in [0.29, 0.717) is 0 Å². The zero-order valence-corrected chi connectivity index (χ0v) is 6.42. The van der Waals surface area contributed by atoms with E-state index in [1.165, 1.54) is 25.0 Å². The molecule has 1 rings (SSSR count). The van der Waals surface area contributed by atoms with Crippen molar-refractivity contribution in [1.82, 2.24) is 5.23 Å². The molecular formula is C7H9BNO3-. The molecule has 5 heteroatoms. The Morgan fingerprint density at radius 1 is 1.75 bits per heavy atom. The van der Waals surface area contributed by atoms with Gasteiger partial charge in [0.15, 0.2) is 0 Å². The first-order valence-electron chi connectivity index (χ1n) is 3.52. The molecule has 0 aliphatic carbocycles. The first-order chi connectivity index (χ1) is 5.65. The Balaban J connectivity index is 2.80. The van der Waals surface area contributed by atoms with Gasteiger partial charge in [-0.25, -0.2) is 0 Å². The van der Waals surface area contributed by atoms with E-state index in [4.69, 9.17) is 5.21 Å². The Kier molecular flexibility index (Phi) is 2.81. The minimum absolute atomic E-state index is 0.116. The summed E-state index contributed by atoms with van der Waals surface area (Å²) in [6.45, 7) is 4.85. The fourth-order valence-corrected chi connectivity index (χ4v) is 1.01. The van der Waals surface area contributed by atoms with Gasteiger partial charge in [-0.3, -0.25) is 0 Å². The van der Waals surface area contributed by atoms with Crippen LogP contribution >= 0.6 is 0 Å². The predicted molar refractivity (Wildman–Crippen MR) is 46.6 cm³/mol. The van der Waals surface area contributed by atoms with E-state index in [1.807, 2.05) is 0 Å². The maximum atomic E-state index is 10.4. The van der Waals surface area contributed by atoms with Gasteiger partial charge < -0.3 is 0 Å². The van der Waals surface area contributed by atoms with Crippen molar-refractivity contribution in [3.63, 3.8) is 0 Å². The van der Waals surface area contributed by atoms with Gasteiger partial charge in [0.2, 0.25) is 0 Å². The van der Waals surface area contributed by atoms with E-state index in [9.17, 15) is 10.3 Å². The van der Waals surface area contributed by atoms with Gasteiger partial charge in [-0.05, 0) is 0 Å². The zero-order chi connectivity index (χ0) is 9.14. The fraction of sp³-hybridized carbons (Fsp3) is 0.286. The molecule has 12 heavy (non-hydrogen) atoms. The van der Waals surface area contributed by atoms with Crippen molar-refractivity contribution in [3.05, 3.63) is 29.5 Å². The standard InChI is InChI=1S/C7H9BNO3/c1-2-5-3-7(9(11)12)8-4-6(5)10/h2-6,10-11H,1H2/q-1. The molecule has 0 bridgehead atoms. The molecule has 1 aliphatic heterocycles. The number of hydrogen-bond acceptors (Lipinski definition) is 4. The molecule has 0 spiro atoms. The fourth-order valence-electron chi connectivity index (χ4n) is 1.01. The van der Waals surface area contributed by atoms with Crippen LogP contribution in [0.3, 0.4) is 0 Å². The van der Waals surface area contributed by atoms with Gasteiger partial charge in [0.05, 0.1) is 0 Å². The van der Waals surface area contributed by atoms with Crippen LogP contribution in [0.5, 0.6) is 0 Å². The van der Waals surface area contributed by atoms with Gasteiger partial charge in [0.1, 0.15) is 0 Å². The van der Waals surface area contributed by atoms with Crippen LogP contribution in [0.2, 0.25) is 0 Å². The van der Waals surface area contributed by atoms with E-state index in [-0.39, 0.29) is 16.7 Å². The van der Waals surface area contributed by atoms with Crippen molar-refractivity contribution in [2.75, 3.05) is 0 Å². The van der Waals surface area contributed by atoms with Gasteiger partial charge >= 0.3 is 70.0 Å². The SMILES string of the molecule is C=CC1C=C(N([O-])O)B=CC1O. The van der Waals surface area contributed by atoms with E-state index < -0.39 is 6.10 Å². The normalized spacial score (nSPS) is 27.4. The summed E-state index contributed by atoms with van der Waals surface area (Å²) < 4.78 is 0. The monoisotopic (exact) mass is 166 g/mol. The Morgan fingerprint density at radius 3 is 2.92 bits per heavy atom. The Morgan fingerprint density at radius 2 is 2.42 bits per heavy atom. The zero-order valence-electron chi connectivity index (χ0n) is 6.42. The average Bonchev–Trinajstić information content (AvgIpc) is 2.05. The summed E-state index contributed by atoms with van der Waals surface area (Å²) in [6, 6.07) is 0. The number of rotatable bonds is 2. The van der Waals surface area contributed by atoms with Crippen LogP contribution < -0.4 is 0 Å². The van der Waals surface area contributed by atoms with Crippen molar-refractivity contribution in [1.29, 1.82) is 0 Å². The summed E-state index contributed by atoms with van der Waals surface area (Å²) in [5, 5.41) is 27.9. The number of hydroxylamine groups is 2.